The van der Waals surface area contributed by atoms with Gasteiger partial charge in [0.25, 0.3) is 0 Å². The molecule has 0 radical (unpaired) electrons. The van der Waals surface area contributed by atoms with Crippen LogP contribution in [0.4, 0.5) is 0 Å². The van der Waals surface area contributed by atoms with Crippen LogP contribution in [0.25, 0.3) is 0 Å². The van der Waals surface area contributed by atoms with Crippen molar-refractivity contribution < 1.29 is 14.2 Å². The van der Waals surface area contributed by atoms with E-state index in [2.05, 4.69) is 65.8 Å². The van der Waals surface area contributed by atoms with Crippen LogP contribution >= 0.6 is 0 Å². The van der Waals surface area contributed by atoms with Crippen LogP contribution in [0, 0.1) is 0 Å². The normalized spacial score (nSPS) is 12.1. The zero-order valence-corrected chi connectivity index (χ0v) is 20.7. The van der Waals surface area contributed by atoms with Gasteiger partial charge >= 0.3 is 0 Å². The van der Waals surface area contributed by atoms with Gasteiger partial charge in [-0.25, -0.2) is 0 Å². The molecule has 172 valence electrons. The van der Waals surface area contributed by atoms with Crippen molar-refractivity contribution in [2.24, 2.45) is 0 Å². The lowest BCUT2D eigenvalue weighted by Gasteiger charge is -2.18. The maximum Gasteiger partial charge on any atom is 0.184 e. The Hall–Kier alpha value is -2.10. The molecule has 0 saturated carbocycles. The Morgan fingerprint density at radius 2 is 1.16 bits per heavy atom. The molecule has 0 N–H and O–H groups in total. The van der Waals surface area contributed by atoms with Crippen molar-refractivity contribution in [1.82, 2.24) is 0 Å². The lowest BCUT2D eigenvalue weighted by Crippen LogP contribution is -2.10. The van der Waals surface area contributed by atoms with Crippen molar-refractivity contribution in [3.8, 4) is 5.75 Å². The topological polar surface area (TPSA) is 27.7 Å². The van der Waals surface area contributed by atoms with E-state index < -0.39 is 6.29 Å². The quantitative estimate of drug-likeness (QED) is 0.222. The van der Waals surface area contributed by atoms with E-state index in [1.165, 1.54) is 22.3 Å². The van der Waals surface area contributed by atoms with Crippen LogP contribution < -0.4 is 4.74 Å². The summed E-state index contributed by atoms with van der Waals surface area (Å²) in [5, 5.41) is 0. The van der Waals surface area contributed by atoms with Crippen molar-refractivity contribution >= 4 is 0 Å². The molecule has 0 aromatic heterocycles. The molecule has 0 saturated heterocycles. The number of rotatable bonds is 14. The minimum atomic E-state index is -0.408. The minimum Gasteiger partial charge on any atom is -0.497 e. The number of methoxy groups -OCH3 is 1. The van der Waals surface area contributed by atoms with E-state index in [1.54, 1.807) is 7.11 Å². The average molecular weight is 427 g/mol. The SMILES string of the molecule is COc1ccc(C(OC/C=C(\C)CCC=C(C)C)OC/C=C(\C)CCC=C(C)C)cc1. The van der Waals surface area contributed by atoms with Crippen molar-refractivity contribution in [3.63, 3.8) is 0 Å². The van der Waals surface area contributed by atoms with Crippen LogP contribution in [-0.4, -0.2) is 20.3 Å². The molecule has 0 unspecified atom stereocenters. The second kappa shape index (κ2) is 15.7. The molecular weight excluding hydrogens is 384 g/mol. The van der Waals surface area contributed by atoms with E-state index in [9.17, 15) is 0 Å². The van der Waals surface area contributed by atoms with E-state index in [0.29, 0.717) is 13.2 Å². The summed E-state index contributed by atoms with van der Waals surface area (Å²) in [4.78, 5) is 0. The van der Waals surface area contributed by atoms with Gasteiger partial charge in [0.1, 0.15) is 5.75 Å². The molecule has 1 rings (SSSR count). The number of hydrogen-bond donors (Lipinski definition) is 0. The summed E-state index contributed by atoms with van der Waals surface area (Å²) in [7, 11) is 1.67. The second-order valence-corrected chi connectivity index (χ2v) is 8.51. The maximum atomic E-state index is 6.10. The molecule has 0 aliphatic carbocycles. The predicted octanol–water partition coefficient (Wildman–Crippen LogP) is 8.11. The number of hydrogen-bond acceptors (Lipinski definition) is 3. The zero-order valence-electron chi connectivity index (χ0n) is 20.7. The van der Waals surface area contributed by atoms with Crippen LogP contribution in [0.5, 0.6) is 5.75 Å². The highest BCUT2D eigenvalue weighted by atomic mass is 16.7. The van der Waals surface area contributed by atoms with Crippen molar-refractivity contribution in [3.05, 3.63) is 76.4 Å². The number of allylic oxidation sites excluding steroid dienone is 6. The maximum absolute atomic E-state index is 6.10. The molecule has 3 heteroatoms. The summed E-state index contributed by atoms with van der Waals surface area (Å²) >= 11 is 0. The standard InChI is InChI=1S/C28H42O3/c1-22(2)10-8-12-24(5)18-20-30-28(26-14-16-27(29-7)17-15-26)31-21-19-25(6)13-9-11-23(3)4/h10-11,14-19,28H,8-9,12-13,20-21H2,1-7H3/b24-18+,25-19+. The zero-order chi connectivity index (χ0) is 23.1. The van der Waals surface area contributed by atoms with E-state index in [-0.39, 0.29) is 0 Å². The van der Waals surface area contributed by atoms with E-state index in [4.69, 9.17) is 14.2 Å². The molecule has 31 heavy (non-hydrogen) atoms. The van der Waals surface area contributed by atoms with Crippen LogP contribution in [0.3, 0.4) is 0 Å². The Kier molecular flexibility index (Phi) is 13.6. The Balaban J connectivity index is 2.69. The minimum absolute atomic E-state index is 0.408. The second-order valence-electron chi connectivity index (χ2n) is 8.51. The van der Waals surface area contributed by atoms with Gasteiger partial charge in [-0.1, -0.05) is 58.7 Å². The van der Waals surface area contributed by atoms with Crippen LogP contribution in [0.2, 0.25) is 0 Å². The molecule has 0 fully saturated rings. The Bertz CT molecular complexity index is 701. The molecule has 0 amide bonds. The molecule has 0 atom stereocenters. The van der Waals surface area contributed by atoms with Crippen molar-refractivity contribution in [2.75, 3.05) is 20.3 Å². The summed E-state index contributed by atoms with van der Waals surface area (Å²) in [5.74, 6) is 0.826. The average Bonchev–Trinajstić information content (AvgIpc) is 2.72. The first kappa shape index (κ1) is 26.9. The van der Waals surface area contributed by atoms with Gasteiger partial charge in [0.2, 0.25) is 0 Å². The molecule has 1 aromatic carbocycles. The first-order valence-electron chi connectivity index (χ1n) is 11.3. The fourth-order valence-corrected chi connectivity index (χ4v) is 2.94. The highest BCUT2D eigenvalue weighted by Gasteiger charge is 2.12. The van der Waals surface area contributed by atoms with Crippen LogP contribution in [-0.2, 0) is 9.47 Å². The van der Waals surface area contributed by atoms with Gasteiger partial charge in [-0.3, -0.25) is 0 Å². The summed E-state index contributed by atoms with van der Waals surface area (Å²) in [6.45, 7) is 13.9. The summed E-state index contributed by atoms with van der Waals surface area (Å²) < 4.78 is 17.5. The molecule has 0 bridgehead atoms. The smallest absolute Gasteiger partial charge is 0.184 e. The van der Waals surface area contributed by atoms with Crippen LogP contribution in [0.15, 0.2) is 70.9 Å². The largest absolute Gasteiger partial charge is 0.497 e. The Morgan fingerprint density at radius 1 is 0.710 bits per heavy atom. The predicted molar refractivity (Wildman–Crippen MR) is 132 cm³/mol. The fourth-order valence-electron chi connectivity index (χ4n) is 2.94. The summed E-state index contributed by atoms with van der Waals surface area (Å²) in [6.07, 6.45) is 12.7. The molecule has 0 aliphatic rings. The molecular formula is C28H42O3. The van der Waals surface area contributed by atoms with Gasteiger partial charge in [0, 0.05) is 5.56 Å². The van der Waals surface area contributed by atoms with Crippen molar-refractivity contribution in [1.29, 1.82) is 0 Å². The monoisotopic (exact) mass is 426 g/mol. The third-order valence-corrected chi connectivity index (χ3v) is 4.93. The van der Waals surface area contributed by atoms with E-state index >= 15 is 0 Å². The summed E-state index contributed by atoms with van der Waals surface area (Å²) in [5.41, 5.74) is 6.39. The Labute approximate surface area is 190 Å². The highest BCUT2D eigenvalue weighted by molar-refractivity contribution is 5.28. The molecule has 0 heterocycles. The third-order valence-electron chi connectivity index (χ3n) is 4.93. The molecule has 3 nitrogen and oxygen atoms in total. The molecule has 0 spiro atoms. The first-order valence-corrected chi connectivity index (χ1v) is 11.3. The van der Waals surface area contributed by atoms with Gasteiger partial charge in [-0.2, -0.15) is 0 Å². The van der Waals surface area contributed by atoms with Gasteiger partial charge in [0.05, 0.1) is 20.3 Å². The number of ether oxygens (including phenoxy) is 3. The van der Waals surface area contributed by atoms with Gasteiger partial charge in [-0.05, 0) is 79.4 Å². The Morgan fingerprint density at radius 3 is 1.55 bits per heavy atom. The van der Waals surface area contributed by atoms with Crippen molar-refractivity contribution in [2.45, 2.75) is 73.5 Å². The van der Waals surface area contributed by atoms with E-state index in [1.807, 2.05) is 24.3 Å². The highest BCUT2D eigenvalue weighted by Crippen LogP contribution is 2.22. The van der Waals surface area contributed by atoms with Gasteiger partial charge < -0.3 is 14.2 Å². The van der Waals surface area contributed by atoms with Crippen LogP contribution in [0.1, 0.15) is 79.1 Å². The van der Waals surface area contributed by atoms with E-state index in [0.717, 1.165) is 37.0 Å². The molecule has 1 aromatic rings. The lowest BCUT2D eigenvalue weighted by atomic mass is 10.1. The summed E-state index contributed by atoms with van der Waals surface area (Å²) in [6, 6.07) is 7.88. The molecule has 0 aliphatic heterocycles. The fraction of sp³-hybridized carbons (Fsp3) is 0.500. The first-order chi connectivity index (χ1) is 14.8. The number of benzene rings is 1. The third kappa shape index (κ3) is 13.0. The lowest BCUT2D eigenvalue weighted by molar-refractivity contribution is -0.131. The van der Waals surface area contributed by atoms with Gasteiger partial charge in [-0.15, -0.1) is 0 Å². The van der Waals surface area contributed by atoms with Gasteiger partial charge in [0.15, 0.2) is 6.29 Å².